The third-order valence-electron chi connectivity index (χ3n) is 16.0. The Balaban J connectivity index is 1.19. The molecule has 0 radical (unpaired) electrons. The van der Waals surface area contributed by atoms with Gasteiger partial charge in [0.1, 0.15) is 41.7 Å². The minimum absolute atomic E-state index is 0.0442. The summed E-state index contributed by atoms with van der Waals surface area (Å²) < 4.78 is 37.1. The molecule has 1 aromatic heterocycles. The van der Waals surface area contributed by atoms with Crippen LogP contribution in [0.4, 0.5) is 0 Å². The molecule has 33 nitrogen and oxygen atoms in total. The lowest BCUT2D eigenvalue weighted by Crippen LogP contribution is -2.62. The van der Waals surface area contributed by atoms with Crippen LogP contribution in [0.1, 0.15) is 70.4 Å². The van der Waals surface area contributed by atoms with E-state index < -0.39 is 176 Å². The van der Waals surface area contributed by atoms with Crippen LogP contribution in [-0.2, 0) is 99.8 Å². The Bertz CT molecular complexity index is 3050. The number of aromatic hydroxyl groups is 1. The summed E-state index contributed by atoms with van der Waals surface area (Å²) >= 11 is -1.10. The summed E-state index contributed by atoms with van der Waals surface area (Å²) in [4.78, 5) is 167. The van der Waals surface area contributed by atoms with Gasteiger partial charge in [0.2, 0.25) is 64.1 Å². The number of aromatic amines is 1. The van der Waals surface area contributed by atoms with E-state index in [9.17, 15) is 78.0 Å². The number of benzene rings is 1. The largest absolute Gasteiger partial charge is 0.610 e. The van der Waals surface area contributed by atoms with E-state index in [2.05, 4.69) is 47.5 Å². The van der Waals surface area contributed by atoms with Crippen molar-refractivity contribution in [1.29, 1.82) is 0 Å². The third kappa shape index (κ3) is 22.0. The molecule has 520 valence electrons. The number of hydrogen-bond donors (Lipinski definition) is 14. The number of aromatic nitrogens is 1. The molecule has 2 bridgehead atoms. The lowest BCUT2D eigenvalue weighted by Gasteiger charge is -2.32. The summed E-state index contributed by atoms with van der Waals surface area (Å²) in [5.74, 6) is -12.8. The average Bonchev–Trinajstić information content (AvgIpc) is 1.61. The number of carbonyl (C=O) groups is 12. The zero-order valence-electron chi connectivity index (χ0n) is 52.6. The van der Waals surface area contributed by atoms with Crippen molar-refractivity contribution in [3.8, 4) is 5.75 Å². The summed E-state index contributed by atoms with van der Waals surface area (Å²) in [6.07, 6.45) is -0.978. The number of thioether (sulfide) groups is 1. The van der Waals surface area contributed by atoms with Crippen LogP contribution in [0.15, 0.2) is 29.3 Å². The average molecular weight is 1360 g/mol. The maximum absolute atomic E-state index is 15.2. The standard InChI is InChI=1S/C59H86N12O21S2/c1-4-32(2)50-56(85)63-26-46(78)64-40-31-94(88)58-36(24-38(53(82)62-27-47(79)67-50)65-57(86)51(33(3)43(75)29-72)68-55(84)41-23-34(73)28-71(41)59(87)39(25-44(60)76)66-54(40)83)35-7-8-42(74)37(52(35)69-58)30-93-22-6-5-12-61-45(77)11-14-89-16-18-91-20-21-92-19-17-90-15-13-70-48(80)9-10-49(70)81/h7-10,32-34,38-41,43,50-51,69,72-75H,4-6,11-31H2,1-3H3,(H2,60,76)(H,61,77)(H,62,82)(H,63,85)(H,64,78)(H,65,86)(H,66,83)(H,67,79)(H,68,84)/t32-,33-,34+,38-,39-,40?,41-,43-,50-,51-,94?/m0/s1. The Morgan fingerprint density at radius 1 is 0.787 bits per heavy atom. The number of nitrogens with one attached hydrogen (secondary N) is 9. The summed E-state index contributed by atoms with van der Waals surface area (Å²) in [5, 5.41) is 63.5. The lowest BCUT2D eigenvalue weighted by atomic mass is 9.93. The highest BCUT2D eigenvalue weighted by Gasteiger charge is 2.46. The number of carbonyl (C=O) groups excluding carboxylic acids is 12. The third-order valence-corrected chi connectivity index (χ3v) is 18.6. The quantitative estimate of drug-likeness (QED) is 0.0205. The molecular formula is C59H86N12O21S2. The Hall–Kier alpha value is -7.48. The van der Waals surface area contributed by atoms with Gasteiger partial charge in [-0.15, -0.1) is 0 Å². The number of amides is 12. The van der Waals surface area contributed by atoms with Gasteiger partial charge in [0.05, 0.1) is 103 Å². The highest BCUT2D eigenvalue weighted by atomic mass is 32.2. The molecule has 11 atom stereocenters. The monoisotopic (exact) mass is 1360 g/mol. The normalized spacial score (nSPS) is 23.9. The number of phenolic OH excluding ortho intramolecular Hbond substituents is 1. The van der Waals surface area contributed by atoms with Crippen LogP contribution >= 0.6 is 11.8 Å². The van der Waals surface area contributed by atoms with Crippen molar-refractivity contribution in [3.63, 3.8) is 0 Å². The zero-order valence-corrected chi connectivity index (χ0v) is 54.2. The first-order valence-electron chi connectivity index (χ1n) is 31.0. The smallest absolute Gasteiger partial charge is 0.253 e. The number of imide groups is 1. The van der Waals surface area contributed by atoms with E-state index in [1.165, 1.54) is 43.0 Å². The number of ether oxygens (including phenoxy) is 4. The van der Waals surface area contributed by atoms with E-state index in [0.717, 1.165) is 9.80 Å². The number of nitrogens with two attached hydrogens (primary N) is 1. The Kier molecular flexibility index (Phi) is 30.2. The van der Waals surface area contributed by atoms with Crippen molar-refractivity contribution < 1.29 is 101 Å². The molecule has 2 aromatic rings. The van der Waals surface area contributed by atoms with Crippen molar-refractivity contribution in [3.05, 3.63) is 35.4 Å². The predicted octanol–water partition coefficient (Wildman–Crippen LogP) is -5.41. The van der Waals surface area contributed by atoms with Crippen LogP contribution in [0.2, 0.25) is 0 Å². The second-order valence-electron chi connectivity index (χ2n) is 22.9. The number of H-pyrrole nitrogens is 1. The molecule has 1 aromatic carbocycles. The molecule has 15 N–H and O–H groups in total. The maximum Gasteiger partial charge on any atom is 0.253 e. The molecule has 5 heterocycles. The summed E-state index contributed by atoms with van der Waals surface area (Å²) in [6, 6.07) is -7.52. The first-order chi connectivity index (χ1) is 44.9. The molecule has 4 aliphatic heterocycles. The summed E-state index contributed by atoms with van der Waals surface area (Å²) in [6.45, 7) is 4.15. The van der Waals surface area contributed by atoms with E-state index in [0.29, 0.717) is 51.4 Å². The van der Waals surface area contributed by atoms with Crippen LogP contribution in [0.25, 0.3) is 10.9 Å². The van der Waals surface area contributed by atoms with Gasteiger partial charge in [-0.05, 0) is 36.6 Å². The number of aliphatic hydroxyl groups is 3. The Morgan fingerprint density at radius 2 is 1.43 bits per heavy atom. The van der Waals surface area contributed by atoms with E-state index in [4.69, 9.17) is 24.7 Å². The fourth-order valence-electron chi connectivity index (χ4n) is 10.5. The summed E-state index contributed by atoms with van der Waals surface area (Å²) in [7, 11) is 0. The second kappa shape index (κ2) is 37.6. The van der Waals surface area contributed by atoms with Crippen LogP contribution < -0.4 is 48.3 Å². The number of unbranched alkanes of at least 4 members (excludes halogenated alkanes) is 1. The fourth-order valence-corrected chi connectivity index (χ4v) is 13.0. The van der Waals surface area contributed by atoms with Gasteiger partial charge < -0.3 is 102 Å². The molecule has 0 saturated carbocycles. The van der Waals surface area contributed by atoms with Gasteiger partial charge in [-0.25, -0.2) is 0 Å². The SMILES string of the molecule is CC[C@H](C)[C@@H]1NC(=O)CNC(=O)[C@@H]2Cc3c([nH]c4c(CSCCCCNC(=O)CCOCCOCCOCCOCCN5C(=O)C=CC5=O)c(O)ccc34)[S+]([O-])CC(NC(=O)CNC1=O)C(=O)N[C@@H](CC(N)=O)C(=O)N1C[C@H](O)C[C@H]1C(=O)N[C@@H]([C@@H](C)[C@@H](O)CO)C(=O)N2. The van der Waals surface area contributed by atoms with Crippen LogP contribution in [-0.4, -0.2) is 263 Å². The predicted molar refractivity (Wildman–Crippen MR) is 334 cm³/mol. The molecule has 94 heavy (non-hydrogen) atoms. The number of phenols is 1. The Labute approximate surface area is 548 Å². The number of aliphatic hydroxyl groups excluding tert-OH is 3. The fraction of sp³-hybridized carbons (Fsp3) is 0.627. The minimum atomic E-state index is -2.49. The molecule has 35 heteroatoms. The van der Waals surface area contributed by atoms with Crippen molar-refractivity contribution in [2.75, 3.05) is 104 Å². The maximum atomic E-state index is 15.2. The molecule has 6 rings (SSSR count). The zero-order chi connectivity index (χ0) is 68.6. The minimum Gasteiger partial charge on any atom is -0.610 e. The van der Waals surface area contributed by atoms with E-state index in [-0.39, 0.29) is 102 Å². The number of nitrogens with zero attached hydrogens (tertiary/aromatic N) is 2. The van der Waals surface area contributed by atoms with Gasteiger partial charge in [-0.2, -0.15) is 11.8 Å². The van der Waals surface area contributed by atoms with Gasteiger partial charge in [-0.1, -0.05) is 27.2 Å². The molecule has 2 unspecified atom stereocenters. The van der Waals surface area contributed by atoms with Crippen molar-refractivity contribution in [2.24, 2.45) is 17.6 Å². The van der Waals surface area contributed by atoms with Gasteiger partial charge in [0, 0.05) is 83.9 Å². The van der Waals surface area contributed by atoms with Gasteiger partial charge in [0.15, 0.2) is 6.04 Å². The van der Waals surface area contributed by atoms with Crippen molar-refractivity contribution in [1.82, 2.24) is 57.3 Å². The molecular weight excluding hydrogens is 1280 g/mol. The highest BCUT2D eigenvalue weighted by molar-refractivity contribution is 7.98. The second-order valence-corrected chi connectivity index (χ2v) is 25.4. The van der Waals surface area contributed by atoms with Gasteiger partial charge in [-0.3, -0.25) is 62.4 Å². The van der Waals surface area contributed by atoms with Crippen LogP contribution in [0.5, 0.6) is 5.75 Å². The van der Waals surface area contributed by atoms with Crippen LogP contribution in [0, 0.1) is 11.8 Å². The van der Waals surface area contributed by atoms with E-state index in [1.807, 2.05) is 0 Å². The van der Waals surface area contributed by atoms with Crippen molar-refractivity contribution in [2.45, 2.75) is 125 Å². The van der Waals surface area contributed by atoms with Gasteiger partial charge in [0.25, 0.3) is 11.8 Å². The van der Waals surface area contributed by atoms with Crippen LogP contribution in [0.3, 0.4) is 0 Å². The first-order valence-corrected chi connectivity index (χ1v) is 33.4. The topological polar surface area (TPSA) is 490 Å². The van der Waals surface area contributed by atoms with Gasteiger partial charge >= 0.3 is 0 Å². The number of rotatable bonds is 29. The lowest BCUT2D eigenvalue weighted by molar-refractivity contribution is -0.144. The molecule has 1 saturated heterocycles. The molecule has 0 aliphatic carbocycles. The number of fused-ring (bicyclic) bond motifs is 5. The van der Waals surface area contributed by atoms with E-state index >= 15 is 4.55 Å². The summed E-state index contributed by atoms with van der Waals surface area (Å²) in [5.41, 5.74) is 6.09. The number of primary amides is 1. The molecule has 4 aliphatic rings. The van der Waals surface area contributed by atoms with Crippen molar-refractivity contribution >= 4 is 105 Å². The first kappa shape index (κ1) is 75.5. The molecule has 1 fully saturated rings. The Morgan fingerprint density at radius 3 is 2.07 bits per heavy atom. The molecule has 0 spiro atoms. The van der Waals surface area contributed by atoms with E-state index in [1.54, 1.807) is 13.8 Å². The molecule has 12 amide bonds. The highest BCUT2D eigenvalue weighted by Crippen LogP contribution is 2.36. The number of hydrogen-bond acceptors (Lipinski definition) is 22.